The molecule has 0 spiro atoms. The summed E-state index contributed by atoms with van der Waals surface area (Å²) in [5.74, 6) is -0.978. The van der Waals surface area contributed by atoms with Crippen LogP contribution >= 0.6 is 11.3 Å². The fourth-order valence-electron chi connectivity index (χ4n) is 1.46. The molecule has 0 saturated carbocycles. The van der Waals surface area contributed by atoms with Crippen molar-refractivity contribution in [3.05, 3.63) is 21.9 Å². The van der Waals surface area contributed by atoms with Crippen molar-refractivity contribution in [1.82, 2.24) is 10.2 Å². The van der Waals surface area contributed by atoms with Gasteiger partial charge in [-0.15, -0.1) is 11.3 Å². The average Bonchev–Trinajstić information content (AvgIpc) is 2.58. The van der Waals surface area contributed by atoms with Crippen molar-refractivity contribution in [2.24, 2.45) is 0 Å². The molecule has 1 aliphatic rings. The number of carbonyl (C=O) groups is 3. The first-order chi connectivity index (χ1) is 7.56. The number of imide groups is 2. The second kappa shape index (κ2) is 4.05. The van der Waals surface area contributed by atoms with Crippen molar-refractivity contribution >= 4 is 29.2 Å². The van der Waals surface area contributed by atoms with Crippen LogP contribution in [0.15, 0.2) is 12.1 Å². The lowest BCUT2D eigenvalue weighted by molar-refractivity contribution is -0.136. The smallest absolute Gasteiger partial charge is 0.277 e. The highest BCUT2D eigenvalue weighted by atomic mass is 32.1. The normalized spacial score (nSPS) is 16.6. The number of hydrogen-bond donors (Lipinski definition) is 1. The maximum Gasteiger partial charge on any atom is 0.331 e. The van der Waals surface area contributed by atoms with Gasteiger partial charge < -0.3 is 0 Å². The predicted molar refractivity (Wildman–Crippen MR) is 57.8 cm³/mol. The summed E-state index contributed by atoms with van der Waals surface area (Å²) >= 11 is 1.53. The van der Waals surface area contributed by atoms with Crippen LogP contribution in [0.2, 0.25) is 0 Å². The first-order valence-electron chi connectivity index (χ1n) is 4.76. The molecular weight excluding hydrogens is 228 g/mol. The Labute approximate surface area is 96.0 Å². The molecule has 4 amide bonds. The molecule has 16 heavy (non-hydrogen) atoms. The number of nitrogens with one attached hydrogen (secondary N) is 1. The zero-order valence-corrected chi connectivity index (χ0v) is 9.47. The molecule has 5 nitrogen and oxygen atoms in total. The number of rotatable bonds is 2. The third kappa shape index (κ3) is 2.11. The molecule has 0 bridgehead atoms. The summed E-state index contributed by atoms with van der Waals surface area (Å²) in [6.45, 7) is 2.19. The Morgan fingerprint density at radius 2 is 2.12 bits per heavy atom. The van der Waals surface area contributed by atoms with Crippen LogP contribution in [0.4, 0.5) is 4.79 Å². The van der Waals surface area contributed by atoms with Gasteiger partial charge in [0.25, 0.3) is 0 Å². The Kier molecular flexibility index (Phi) is 2.74. The lowest BCUT2D eigenvalue weighted by Gasteiger charge is -2.23. The van der Waals surface area contributed by atoms with Gasteiger partial charge in [-0.05, 0) is 19.1 Å². The number of carbonyl (C=O) groups excluding carboxylic acids is 3. The van der Waals surface area contributed by atoms with E-state index in [1.807, 2.05) is 19.1 Å². The molecule has 2 rings (SSSR count). The van der Waals surface area contributed by atoms with Crippen LogP contribution in [-0.2, 0) is 16.1 Å². The van der Waals surface area contributed by atoms with E-state index in [0.29, 0.717) is 0 Å². The Balaban J connectivity index is 2.12. The van der Waals surface area contributed by atoms with Crippen LogP contribution < -0.4 is 5.32 Å². The van der Waals surface area contributed by atoms with Gasteiger partial charge in [0.05, 0.1) is 6.54 Å². The molecular formula is C10H10N2O3S. The summed E-state index contributed by atoms with van der Waals surface area (Å²) in [4.78, 5) is 36.9. The van der Waals surface area contributed by atoms with E-state index >= 15 is 0 Å². The number of thiophene rings is 1. The number of hydrogen-bond acceptors (Lipinski definition) is 4. The third-order valence-electron chi connectivity index (χ3n) is 2.21. The Morgan fingerprint density at radius 1 is 1.38 bits per heavy atom. The predicted octanol–water partition coefficient (Wildman–Crippen LogP) is 1.03. The van der Waals surface area contributed by atoms with E-state index < -0.39 is 17.8 Å². The van der Waals surface area contributed by atoms with Gasteiger partial charge in [-0.2, -0.15) is 0 Å². The van der Waals surface area contributed by atoms with Crippen molar-refractivity contribution in [2.45, 2.75) is 19.9 Å². The fraction of sp³-hybridized carbons (Fsp3) is 0.300. The molecule has 0 atom stereocenters. The molecule has 1 saturated heterocycles. The van der Waals surface area contributed by atoms with Gasteiger partial charge in [0.1, 0.15) is 6.42 Å². The number of aryl methyl sites for hydroxylation is 1. The Morgan fingerprint density at radius 3 is 2.69 bits per heavy atom. The first-order valence-corrected chi connectivity index (χ1v) is 5.57. The quantitative estimate of drug-likeness (QED) is 0.782. The van der Waals surface area contributed by atoms with Crippen LogP contribution in [0, 0.1) is 6.92 Å². The molecule has 1 fully saturated rings. The first kappa shape index (κ1) is 10.8. The average molecular weight is 238 g/mol. The molecule has 6 heteroatoms. The van der Waals surface area contributed by atoms with E-state index in [0.717, 1.165) is 14.7 Å². The largest absolute Gasteiger partial charge is 0.331 e. The van der Waals surface area contributed by atoms with Gasteiger partial charge in [0.2, 0.25) is 11.8 Å². The highest BCUT2D eigenvalue weighted by Crippen LogP contribution is 2.18. The molecule has 0 aliphatic carbocycles. The summed E-state index contributed by atoms with van der Waals surface area (Å²) in [7, 11) is 0. The van der Waals surface area contributed by atoms with E-state index in [4.69, 9.17) is 0 Å². The minimum absolute atomic E-state index is 0.233. The topological polar surface area (TPSA) is 66.5 Å². The van der Waals surface area contributed by atoms with Crippen LogP contribution in [0.5, 0.6) is 0 Å². The standard InChI is InChI=1S/C10H10N2O3S/c1-6-2-3-7(16-6)5-12-9(14)4-8(13)11-10(12)15/h2-3H,4-5H2,1H3,(H,11,13,15). The Hall–Kier alpha value is -1.69. The van der Waals surface area contributed by atoms with Crippen molar-refractivity contribution in [2.75, 3.05) is 0 Å². The number of nitrogens with zero attached hydrogens (tertiary/aromatic N) is 1. The molecule has 1 aromatic rings. The summed E-state index contributed by atoms with van der Waals surface area (Å²) in [6.07, 6.45) is -0.254. The van der Waals surface area contributed by atoms with Gasteiger partial charge in [0.15, 0.2) is 0 Å². The van der Waals surface area contributed by atoms with E-state index in [2.05, 4.69) is 5.32 Å². The van der Waals surface area contributed by atoms with Crippen LogP contribution in [0.1, 0.15) is 16.2 Å². The van der Waals surface area contributed by atoms with E-state index in [1.54, 1.807) is 0 Å². The van der Waals surface area contributed by atoms with Gasteiger partial charge >= 0.3 is 6.03 Å². The second-order valence-corrected chi connectivity index (χ2v) is 4.89. The molecule has 1 aromatic heterocycles. The van der Waals surface area contributed by atoms with Crippen molar-refractivity contribution < 1.29 is 14.4 Å². The SMILES string of the molecule is Cc1ccc(CN2C(=O)CC(=O)NC2=O)s1. The minimum atomic E-state index is -0.632. The Bertz CT molecular complexity index is 446. The molecule has 1 aliphatic heterocycles. The van der Waals surface area contributed by atoms with E-state index in [1.165, 1.54) is 11.3 Å². The van der Waals surface area contributed by atoms with Crippen molar-refractivity contribution in [3.63, 3.8) is 0 Å². The summed E-state index contributed by atoms with van der Waals surface area (Å²) in [6, 6.07) is 3.17. The third-order valence-corrected chi connectivity index (χ3v) is 3.20. The van der Waals surface area contributed by atoms with Crippen LogP contribution in [0.3, 0.4) is 0 Å². The number of urea groups is 1. The maximum absolute atomic E-state index is 11.5. The van der Waals surface area contributed by atoms with Crippen LogP contribution in [-0.4, -0.2) is 22.7 Å². The number of barbiturate groups is 1. The zero-order chi connectivity index (χ0) is 11.7. The lowest BCUT2D eigenvalue weighted by atomic mass is 10.3. The van der Waals surface area contributed by atoms with Crippen molar-refractivity contribution in [3.8, 4) is 0 Å². The monoisotopic (exact) mass is 238 g/mol. The maximum atomic E-state index is 11.5. The molecule has 1 N–H and O–H groups in total. The van der Waals surface area contributed by atoms with E-state index in [-0.39, 0.29) is 13.0 Å². The summed E-state index contributed by atoms with van der Waals surface area (Å²) < 4.78 is 0. The van der Waals surface area contributed by atoms with Crippen molar-refractivity contribution in [1.29, 1.82) is 0 Å². The minimum Gasteiger partial charge on any atom is -0.277 e. The second-order valence-electron chi connectivity index (χ2n) is 3.52. The van der Waals surface area contributed by atoms with Gasteiger partial charge in [-0.3, -0.25) is 19.8 Å². The van der Waals surface area contributed by atoms with Gasteiger partial charge in [-0.25, -0.2) is 4.79 Å². The molecule has 2 heterocycles. The lowest BCUT2D eigenvalue weighted by Crippen LogP contribution is -2.52. The van der Waals surface area contributed by atoms with Gasteiger partial charge in [-0.1, -0.05) is 0 Å². The molecule has 0 radical (unpaired) electrons. The van der Waals surface area contributed by atoms with Crippen LogP contribution in [0.25, 0.3) is 0 Å². The molecule has 84 valence electrons. The van der Waals surface area contributed by atoms with Gasteiger partial charge in [0, 0.05) is 9.75 Å². The summed E-state index contributed by atoms with van der Waals surface area (Å²) in [5.41, 5.74) is 0. The molecule has 0 aromatic carbocycles. The molecule has 0 unspecified atom stereocenters. The van der Waals surface area contributed by atoms with E-state index in [9.17, 15) is 14.4 Å². The fourth-order valence-corrected chi connectivity index (χ4v) is 2.34. The summed E-state index contributed by atoms with van der Waals surface area (Å²) in [5, 5.41) is 2.12. The number of amides is 4. The highest BCUT2D eigenvalue weighted by Gasteiger charge is 2.30. The highest BCUT2D eigenvalue weighted by molar-refractivity contribution is 7.11. The zero-order valence-electron chi connectivity index (χ0n) is 8.65.